The van der Waals surface area contributed by atoms with Crippen molar-refractivity contribution in [3.8, 4) is 0 Å². The van der Waals surface area contributed by atoms with Crippen LogP contribution >= 0.6 is 0 Å². The Morgan fingerprint density at radius 1 is 1.23 bits per heavy atom. The molecule has 0 atom stereocenters. The fraction of sp³-hybridized carbons (Fsp3) is 0.727. The van der Waals surface area contributed by atoms with Crippen LogP contribution in [0.25, 0.3) is 0 Å². The molecule has 2 nitrogen and oxygen atoms in total. The highest BCUT2D eigenvalue weighted by Gasteiger charge is 2.08. The van der Waals surface area contributed by atoms with E-state index in [1.807, 2.05) is 0 Å². The van der Waals surface area contributed by atoms with Crippen LogP contribution in [0.1, 0.15) is 38.5 Å². The van der Waals surface area contributed by atoms with Gasteiger partial charge < -0.3 is 5.32 Å². The molecule has 0 heterocycles. The Kier molecular flexibility index (Phi) is 5.30. The van der Waals surface area contributed by atoms with Gasteiger partial charge in [0.2, 0.25) is 6.41 Å². The van der Waals surface area contributed by atoms with Crippen LogP contribution < -0.4 is 5.32 Å². The van der Waals surface area contributed by atoms with Crippen molar-refractivity contribution in [2.45, 2.75) is 38.5 Å². The minimum absolute atomic E-state index is 0.758. The summed E-state index contributed by atoms with van der Waals surface area (Å²) in [6.07, 6.45) is 13.2. The zero-order chi connectivity index (χ0) is 9.36. The van der Waals surface area contributed by atoms with Crippen molar-refractivity contribution in [2.24, 2.45) is 5.92 Å². The smallest absolute Gasteiger partial charge is 0.207 e. The molecule has 74 valence electrons. The van der Waals surface area contributed by atoms with Gasteiger partial charge in [0.1, 0.15) is 0 Å². The molecular weight excluding hydrogens is 162 g/mol. The van der Waals surface area contributed by atoms with E-state index in [2.05, 4.69) is 17.5 Å². The van der Waals surface area contributed by atoms with E-state index in [-0.39, 0.29) is 0 Å². The van der Waals surface area contributed by atoms with Crippen molar-refractivity contribution < 1.29 is 4.79 Å². The molecule has 1 aliphatic rings. The predicted molar refractivity (Wildman–Crippen MR) is 54.4 cm³/mol. The van der Waals surface area contributed by atoms with Gasteiger partial charge in [-0.2, -0.15) is 0 Å². The number of carbonyl (C=O) groups excluding carboxylic acids is 1. The van der Waals surface area contributed by atoms with Crippen molar-refractivity contribution in [1.29, 1.82) is 0 Å². The van der Waals surface area contributed by atoms with E-state index >= 15 is 0 Å². The fourth-order valence-electron chi connectivity index (χ4n) is 1.84. The average molecular weight is 181 g/mol. The van der Waals surface area contributed by atoms with E-state index in [1.165, 1.54) is 32.1 Å². The van der Waals surface area contributed by atoms with Gasteiger partial charge >= 0.3 is 0 Å². The van der Waals surface area contributed by atoms with Gasteiger partial charge in [0, 0.05) is 6.54 Å². The van der Waals surface area contributed by atoms with Gasteiger partial charge in [-0.25, -0.2) is 0 Å². The Morgan fingerprint density at radius 3 is 2.69 bits per heavy atom. The Balaban J connectivity index is 2.04. The van der Waals surface area contributed by atoms with Crippen molar-refractivity contribution in [2.75, 3.05) is 6.54 Å². The van der Waals surface area contributed by atoms with Gasteiger partial charge in [-0.15, -0.1) is 0 Å². The second kappa shape index (κ2) is 6.70. The zero-order valence-electron chi connectivity index (χ0n) is 8.17. The van der Waals surface area contributed by atoms with Gasteiger partial charge in [-0.3, -0.25) is 4.79 Å². The predicted octanol–water partition coefficient (Wildman–Crippen LogP) is 2.26. The third kappa shape index (κ3) is 4.71. The van der Waals surface area contributed by atoms with Gasteiger partial charge in [0.05, 0.1) is 0 Å². The first-order valence-corrected chi connectivity index (χ1v) is 5.27. The van der Waals surface area contributed by atoms with E-state index in [0.717, 1.165) is 25.3 Å². The van der Waals surface area contributed by atoms with Crippen LogP contribution in [-0.4, -0.2) is 13.0 Å². The van der Waals surface area contributed by atoms with Gasteiger partial charge in [-0.05, 0) is 25.2 Å². The standard InChI is InChI=1S/C11H19NO/c13-10-12-9-5-4-8-11-6-2-1-3-7-11/h4,8,10-11H,1-3,5-7,9H2,(H,12,13). The molecule has 13 heavy (non-hydrogen) atoms. The number of rotatable bonds is 5. The van der Waals surface area contributed by atoms with Crippen LogP contribution in [0.5, 0.6) is 0 Å². The first-order chi connectivity index (χ1) is 6.43. The van der Waals surface area contributed by atoms with Crippen molar-refractivity contribution in [1.82, 2.24) is 5.32 Å². The van der Waals surface area contributed by atoms with E-state index < -0.39 is 0 Å². The van der Waals surface area contributed by atoms with E-state index in [0.29, 0.717) is 0 Å². The lowest BCUT2D eigenvalue weighted by molar-refractivity contribution is -0.109. The molecule has 0 bridgehead atoms. The van der Waals surface area contributed by atoms with Crippen LogP contribution in [-0.2, 0) is 4.79 Å². The van der Waals surface area contributed by atoms with Gasteiger partial charge in [0.15, 0.2) is 0 Å². The maximum atomic E-state index is 9.93. The van der Waals surface area contributed by atoms with Crippen LogP contribution in [0.4, 0.5) is 0 Å². The second-order valence-corrected chi connectivity index (χ2v) is 3.69. The first kappa shape index (κ1) is 10.3. The Bertz CT molecular complexity index is 159. The monoisotopic (exact) mass is 181 g/mol. The van der Waals surface area contributed by atoms with Gasteiger partial charge in [0.25, 0.3) is 0 Å². The third-order valence-corrected chi connectivity index (χ3v) is 2.60. The summed E-state index contributed by atoms with van der Waals surface area (Å²) >= 11 is 0. The topological polar surface area (TPSA) is 29.1 Å². The number of hydrogen-bond donors (Lipinski definition) is 1. The summed E-state index contributed by atoms with van der Waals surface area (Å²) in [5.74, 6) is 0.810. The summed E-state index contributed by atoms with van der Waals surface area (Å²) in [6, 6.07) is 0. The Labute approximate surface area is 80.4 Å². The summed E-state index contributed by atoms with van der Waals surface area (Å²) in [5, 5.41) is 2.65. The molecule has 1 aliphatic carbocycles. The molecule has 0 aromatic rings. The van der Waals surface area contributed by atoms with E-state index in [1.54, 1.807) is 0 Å². The Morgan fingerprint density at radius 2 is 2.00 bits per heavy atom. The first-order valence-electron chi connectivity index (χ1n) is 5.27. The molecule has 0 aliphatic heterocycles. The number of allylic oxidation sites excluding steroid dienone is 1. The van der Waals surface area contributed by atoms with Crippen LogP contribution in [0.15, 0.2) is 12.2 Å². The fourth-order valence-corrected chi connectivity index (χ4v) is 1.84. The molecule has 2 heteroatoms. The molecule has 0 unspecified atom stereocenters. The van der Waals surface area contributed by atoms with E-state index in [9.17, 15) is 4.79 Å². The maximum absolute atomic E-state index is 9.93. The normalized spacial score (nSPS) is 19.1. The lowest BCUT2D eigenvalue weighted by Crippen LogP contribution is -2.11. The van der Waals surface area contributed by atoms with E-state index in [4.69, 9.17) is 0 Å². The molecule has 0 spiro atoms. The molecule has 0 aromatic carbocycles. The molecule has 0 saturated heterocycles. The van der Waals surface area contributed by atoms with Crippen LogP contribution in [0, 0.1) is 5.92 Å². The van der Waals surface area contributed by atoms with Crippen molar-refractivity contribution in [3.05, 3.63) is 12.2 Å². The molecule has 1 saturated carbocycles. The van der Waals surface area contributed by atoms with Crippen molar-refractivity contribution in [3.63, 3.8) is 0 Å². The zero-order valence-corrected chi connectivity index (χ0v) is 8.17. The number of carbonyl (C=O) groups is 1. The molecule has 1 fully saturated rings. The highest BCUT2D eigenvalue weighted by Crippen LogP contribution is 2.24. The quantitative estimate of drug-likeness (QED) is 0.393. The summed E-state index contributed by atoms with van der Waals surface area (Å²) in [4.78, 5) is 9.93. The summed E-state index contributed by atoms with van der Waals surface area (Å²) in [7, 11) is 0. The minimum atomic E-state index is 0.758. The molecule has 1 amide bonds. The number of amides is 1. The highest BCUT2D eigenvalue weighted by atomic mass is 16.1. The average Bonchev–Trinajstić information content (AvgIpc) is 2.19. The highest BCUT2D eigenvalue weighted by molar-refractivity contribution is 5.45. The maximum Gasteiger partial charge on any atom is 0.207 e. The molecular formula is C11H19NO. The summed E-state index contributed by atoms with van der Waals surface area (Å²) < 4.78 is 0. The van der Waals surface area contributed by atoms with Crippen molar-refractivity contribution >= 4 is 6.41 Å². The lowest BCUT2D eigenvalue weighted by atomic mass is 9.89. The van der Waals surface area contributed by atoms with Crippen LogP contribution in [0.2, 0.25) is 0 Å². The second-order valence-electron chi connectivity index (χ2n) is 3.69. The molecule has 1 rings (SSSR count). The number of hydrogen-bond acceptors (Lipinski definition) is 1. The molecule has 0 aromatic heterocycles. The SMILES string of the molecule is O=CNCCC=CC1CCCCC1. The largest absolute Gasteiger partial charge is 0.358 e. The minimum Gasteiger partial charge on any atom is -0.358 e. The summed E-state index contributed by atoms with van der Waals surface area (Å²) in [5.41, 5.74) is 0. The third-order valence-electron chi connectivity index (χ3n) is 2.60. The Hall–Kier alpha value is -0.790. The molecule has 0 radical (unpaired) electrons. The van der Waals surface area contributed by atoms with Gasteiger partial charge in [-0.1, -0.05) is 31.4 Å². The molecule has 1 N–H and O–H groups in total. The van der Waals surface area contributed by atoms with Crippen LogP contribution in [0.3, 0.4) is 0 Å². The lowest BCUT2D eigenvalue weighted by Gasteiger charge is -2.17. The number of nitrogens with one attached hydrogen (secondary N) is 1. The summed E-state index contributed by atoms with van der Waals surface area (Å²) in [6.45, 7) is 0.771.